The highest BCUT2D eigenvalue weighted by Gasteiger charge is 2.07. The first kappa shape index (κ1) is 14.2. The van der Waals surface area contributed by atoms with Crippen LogP contribution in [-0.2, 0) is 13.0 Å². The third-order valence-corrected chi connectivity index (χ3v) is 3.16. The Morgan fingerprint density at radius 1 is 1.06 bits per heavy atom. The molecule has 1 aromatic rings. The molecule has 0 aliphatic rings. The fourth-order valence-corrected chi connectivity index (χ4v) is 2.15. The molecule has 0 bridgehead atoms. The van der Waals surface area contributed by atoms with E-state index in [1.165, 1.54) is 44.2 Å². The first-order valence-corrected chi connectivity index (χ1v) is 6.96. The van der Waals surface area contributed by atoms with Gasteiger partial charge in [0.15, 0.2) is 18.4 Å². The van der Waals surface area contributed by atoms with Crippen LogP contribution in [0.5, 0.6) is 0 Å². The second-order valence-electron chi connectivity index (χ2n) is 4.63. The first-order chi connectivity index (χ1) is 8.38. The van der Waals surface area contributed by atoms with Gasteiger partial charge in [-0.2, -0.15) is 0 Å². The van der Waals surface area contributed by atoms with E-state index >= 15 is 0 Å². The number of hydrogen-bond acceptors (Lipinski definition) is 1. The summed E-state index contributed by atoms with van der Waals surface area (Å²) in [6, 6.07) is 6.28. The Morgan fingerprint density at radius 2 is 1.82 bits per heavy atom. The van der Waals surface area contributed by atoms with E-state index in [9.17, 15) is 0 Å². The molecule has 0 atom stereocenters. The van der Waals surface area contributed by atoms with Gasteiger partial charge < -0.3 is 5.11 Å². The molecule has 0 aliphatic carbocycles. The molecule has 96 valence electrons. The number of aryl methyl sites for hydroxylation is 1. The van der Waals surface area contributed by atoms with Crippen LogP contribution in [0.25, 0.3) is 0 Å². The van der Waals surface area contributed by atoms with Gasteiger partial charge in [-0.1, -0.05) is 45.1 Å². The summed E-state index contributed by atoms with van der Waals surface area (Å²) in [5.41, 5.74) is 1.34. The van der Waals surface area contributed by atoms with Gasteiger partial charge in [0.05, 0.1) is 0 Å². The predicted molar refractivity (Wildman–Crippen MR) is 70.8 cm³/mol. The standard InChI is InChI=1S/C15H26NO/c1-2-3-4-5-6-7-10-15-11-8-9-12-16(15)13-14-17/h8-9,11-12,17H,2-7,10,13-14H2,1H3/q+1. The number of aliphatic hydroxyl groups is 1. The summed E-state index contributed by atoms with van der Waals surface area (Å²) >= 11 is 0. The molecule has 0 fully saturated rings. The van der Waals surface area contributed by atoms with Crippen molar-refractivity contribution in [2.24, 2.45) is 0 Å². The van der Waals surface area contributed by atoms with Gasteiger partial charge >= 0.3 is 0 Å². The summed E-state index contributed by atoms with van der Waals surface area (Å²) in [5.74, 6) is 0. The van der Waals surface area contributed by atoms with Crippen molar-refractivity contribution in [3.8, 4) is 0 Å². The topological polar surface area (TPSA) is 24.1 Å². The minimum atomic E-state index is 0.220. The van der Waals surface area contributed by atoms with Gasteiger partial charge in [0.2, 0.25) is 0 Å². The Morgan fingerprint density at radius 3 is 2.59 bits per heavy atom. The van der Waals surface area contributed by atoms with Gasteiger partial charge in [0, 0.05) is 18.6 Å². The van der Waals surface area contributed by atoms with Crippen LogP contribution in [0.15, 0.2) is 24.4 Å². The smallest absolute Gasteiger partial charge is 0.181 e. The number of hydrogen-bond donors (Lipinski definition) is 1. The van der Waals surface area contributed by atoms with Gasteiger partial charge in [-0.3, -0.25) is 0 Å². The third kappa shape index (κ3) is 5.83. The maximum absolute atomic E-state index is 8.99. The van der Waals surface area contributed by atoms with Gasteiger partial charge in [-0.05, 0) is 6.42 Å². The molecule has 1 aromatic heterocycles. The normalized spacial score (nSPS) is 10.7. The Bertz CT molecular complexity index is 299. The van der Waals surface area contributed by atoms with Crippen molar-refractivity contribution in [3.63, 3.8) is 0 Å². The third-order valence-electron chi connectivity index (χ3n) is 3.16. The Labute approximate surface area is 105 Å². The largest absolute Gasteiger partial charge is 0.390 e. The quantitative estimate of drug-likeness (QED) is 0.517. The lowest BCUT2D eigenvalue weighted by atomic mass is 10.1. The van der Waals surface area contributed by atoms with Gasteiger partial charge in [0.1, 0.15) is 6.61 Å². The average Bonchev–Trinajstić information content (AvgIpc) is 2.36. The summed E-state index contributed by atoms with van der Waals surface area (Å²) in [6.45, 7) is 3.19. The number of pyridine rings is 1. The zero-order valence-electron chi connectivity index (χ0n) is 11.1. The van der Waals surface area contributed by atoms with Crippen LogP contribution in [0.3, 0.4) is 0 Å². The molecular formula is C15H26NO+. The highest BCUT2D eigenvalue weighted by atomic mass is 16.3. The molecule has 2 heteroatoms. The van der Waals surface area contributed by atoms with Crippen LogP contribution in [0.4, 0.5) is 0 Å². The van der Waals surface area contributed by atoms with Gasteiger partial charge in [0.25, 0.3) is 0 Å². The Hall–Kier alpha value is -0.890. The lowest BCUT2D eigenvalue weighted by Crippen LogP contribution is -2.39. The predicted octanol–water partition coefficient (Wildman–Crippen LogP) is 2.87. The lowest BCUT2D eigenvalue weighted by molar-refractivity contribution is -0.705. The van der Waals surface area contributed by atoms with Crippen LogP contribution in [0.2, 0.25) is 0 Å². The van der Waals surface area contributed by atoms with E-state index < -0.39 is 0 Å². The molecule has 0 spiro atoms. The van der Waals surface area contributed by atoms with Crippen molar-refractivity contribution in [1.82, 2.24) is 0 Å². The van der Waals surface area contributed by atoms with E-state index in [1.807, 2.05) is 6.07 Å². The summed E-state index contributed by atoms with van der Waals surface area (Å²) in [6.07, 6.45) is 11.2. The lowest BCUT2D eigenvalue weighted by Gasteiger charge is -2.03. The number of aliphatic hydroxyl groups excluding tert-OH is 1. The fourth-order valence-electron chi connectivity index (χ4n) is 2.15. The van der Waals surface area contributed by atoms with Crippen LogP contribution < -0.4 is 4.57 Å². The van der Waals surface area contributed by atoms with E-state index in [1.54, 1.807) is 0 Å². The molecule has 0 saturated heterocycles. The van der Waals surface area contributed by atoms with E-state index in [0.29, 0.717) is 6.54 Å². The summed E-state index contributed by atoms with van der Waals surface area (Å²) in [5, 5.41) is 8.99. The zero-order valence-corrected chi connectivity index (χ0v) is 11.1. The maximum Gasteiger partial charge on any atom is 0.181 e. The Balaban J connectivity index is 2.25. The Kier molecular flexibility index (Phi) is 7.65. The average molecular weight is 236 g/mol. The van der Waals surface area contributed by atoms with Gasteiger partial charge in [-0.15, -0.1) is 0 Å². The SMILES string of the molecule is CCCCCCCCc1cccc[n+]1CCO. The minimum Gasteiger partial charge on any atom is -0.390 e. The zero-order chi connectivity index (χ0) is 12.3. The van der Waals surface area contributed by atoms with Crippen molar-refractivity contribution in [3.05, 3.63) is 30.1 Å². The molecule has 0 aliphatic heterocycles. The van der Waals surface area contributed by atoms with E-state index in [-0.39, 0.29) is 6.61 Å². The molecule has 0 aromatic carbocycles. The molecular weight excluding hydrogens is 210 g/mol. The molecule has 0 radical (unpaired) electrons. The van der Waals surface area contributed by atoms with Crippen LogP contribution in [0, 0.1) is 0 Å². The van der Waals surface area contributed by atoms with Crippen molar-refractivity contribution in [2.75, 3.05) is 6.61 Å². The van der Waals surface area contributed by atoms with Crippen LogP contribution in [0.1, 0.15) is 51.1 Å². The highest BCUT2D eigenvalue weighted by molar-refractivity contribution is 4.97. The molecule has 0 saturated carbocycles. The monoisotopic (exact) mass is 236 g/mol. The minimum absolute atomic E-state index is 0.220. The summed E-state index contributed by atoms with van der Waals surface area (Å²) < 4.78 is 2.16. The number of unbranched alkanes of at least 4 members (excludes halogenated alkanes) is 5. The summed E-state index contributed by atoms with van der Waals surface area (Å²) in [7, 11) is 0. The fraction of sp³-hybridized carbons (Fsp3) is 0.667. The molecule has 17 heavy (non-hydrogen) atoms. The molecule has 0 unspecified atom stereocenters. The number of nitrogens with zero attached hydrogens (tertiary/aromatic N) is 1. The molecule has 1 heterocycles. The first-order valence-electron chi connectivity index (χ1n) is 6.96. The molecule has 1 rings (SSSR count). The van der Waals surface area contributed by atoms with Crippen molar-refractivity contribution in [2.45, 2.75) is 58.4 Å². The second-order valence-corrected chi connectivity index (χ2v) is 4.63. The number of aromatic nitrogens is 1. The maximum atomic E-state index is 8.99. The van der Waals surface area contributed by atoms with Gasteiger partial charge in [-0.25, -0.2) is 4.57 Å². The molecule has 0 amide bonds. The highest BCUT2D eigenvalue weighted by Crippen LogP contribution is 2.07. The van der Waals surface area contributed by atoms with Crippen molar-refractivity contribution in [1.29, 1.82) is 0 Å². The van der Waals surface area contributed by atoms with Crippen LogP contribution in [-0.4, -0.2) is 11.7 Å². The van der Waals surface area contributed by atoms with E-state index in [4.69, 9.17) is 5.11 Å². The van der Waals surface area contributed by atoms with E-state index in [2.05, 4.69) is 29.8 Å². The van der Waals surface area contributed by atoms with Crippen LogP contribution >= 0.6 is 0 Å². The second kappa shape index (κ2) is 9.17. The number of rotatable bonds is 9. The van der Waals surface area contributed by atoms with Crippen molar-refractivity contribution < 1.29 is 9.67 Å². The van der Waals surface area contributed by atoms with Crippen molar-refractivity contribution >= 4 is 0 Å². The summed E-state index contributed by atoms with van der Waals surface area (Å²) in [4.78, 5) is 0. The van der Waals surface area contributed by atoms with E-state index in [0.717, 1.165) is 6.42 Å². The molecule has 1 N–H and O–H groups in total. The molecule has 2 nitrogen and oxygen atoms in total.